The number of rotatable bonds is 6. The van der Waals surface area contributed by atoms with Gasteiger partial charge < -0.3 is 19.9 Å². The third-order valence-electron chi connectivity index (χ3n) is 3.03. The summed E-state index contributed by atoms with van der Waals surface area (Å²) in [5, 5.41) is 13.0. The molecule has 2 rings (SSSR count). The number of benzene rings is 1. The van der Waals surface area contributed by atoms with E-state index in [0.717, 1.165) is 6.20 Å². The molecule has 0 saturated heterocycles. The Morgan fingerprint density at radius 2 is 2.04 bits per heavy atom. The number of ether oxygens (including phenoxy) is 2. The molecule has 0 amide bonds. The number of halogens is 3. The fourth-order valence-electron chi connectivity index (χ4n) is 1.88. The Bertz CT molecular complexity index is 661. The fraction of sp³-hybridized carbons (Fsp3) is 0.357. The normalized spacial score (nSPS) is 12.8. The second-order valence-corrected chi connectivity index (χ2v) is 5.56. The Morgan fingerprint density at radius 3 is 2.61 bits per heavy atom. The lowest BCUT2D eigenvalue weighted by atomic mass is 10.1. The zero-order chi connectivity index (χ0) is 17.0. The van der Waals surface area contributed by atoms with Crippen LogP contribution >= 0.6 is 11.3 Å². The molecule has 0 radical (unpaired) electrons. The number of anilines is 1. The van der Waals surface area contributed by atoms with Crippen LogP contribution in [0.15, 0.2) is 24.4 Å². The van der Waals surface area contributed by atoms with Crippen LogP contribution in [0.1, 0.15) is 16.5 Å². The van der Waals surface area contributed by atoms with E-state index in [1.165, 1.54) is 14.2 Å². The zero-order valence-corrected chi connectivity index (χ0v) is 13.2. The standard InChI is InChI=1S/C14H15F3N2O3S/c1-21-8-3-4-11(22-2)9(5-8)10(20)6-18-13-19-7-12(23-13)14(15,16)17/h3-5,7,10,20H,6H2,1-2H3,(H,18,19). The largest absolute Gasteiger partial charge is 0.497 e. The number of hydrogen-bond acceptors (Lipinski definition) is 6. The maximum Gasteiger partial charge on any atom is 0.427 e. The number of alkyl halides is 3. The summed E-state index contributed by atoms with van der Waals surface area (Å²) in [6.45, 7) is -0.0195. The number of aliphatic hydroxyl groups excluding tert-OH is 1. The number of nitrogens with zero attached hydrogens (tertiary/aromatic N) is 1. The maximum absolute atomic E-state index is 12.5. The van der Waals surface area contributed by atoms with E-state index in [1.807, 2.05) is 0 Å². The van der Waals surface area contributed by atoms with Crippen LogP contribution in [0.4, 0.5) is 18.3 Å². The Labute approximate surface area is 134 Å². The predicted octanol–water partition coefficient (Wildman–Crippen LogP) is 3.32. The number of aliphatic hydroxyl groups is 1. The maximum atomic E-state index is 12.5. The molecule has 0 fully saturated rings. The summed E-state index contributed by atoms with van der Waals surface area (Å²) in [6, 6.07) is 4.93. The Morgan fingerprint density at radius 1 is 1.30 bits per heavy atom. The number of hydrogen-bond donors (Lipinski definition) is 2. The monoisotopic (exact) mass is 348 g/mol. The molecule has 1 aromatic carbocycles. The molecule has 0 saturated carbocycles. The van der Waals surface area contributed by atoms with E-state index in [-0.39, 0.29) is 11.7 Å². The highest BCUT2D eigenvalue weighted by Crippen LogP contribution is 2.35. The van der Waals surface area contributed by atoms with Gasteiger partial charge in [-0.15, -0.1) is 0 Å². The highest BCUT2D eigenvalue weighted by Gasteiger charge is 2.33. The summed E-state index contributed by atoms with van der Waals surface area (Å²) in [5.74, 6) is 0.990. The van der Waals surface area contributed by atoms with Crippen LogP contribution in [-0.2, 0) is 6.18 Å². The summed E-state index contributed by atoms with van der Waals surface area (Å²) >= 11 is 0.480. The van der Waals surface area contributed by atoms with Gasteiger partial charge in [-0.05, 0) is 18.2 Å². The third kappa shape index (κ3) is 4.26. The molecule has 1 aromatic heterocycles. The van der Waals surface area contributed by atoms with Gasteiger partial charge in [0, 0.05) is 12.1 Å². The molecule has 9 heteroatoms. The van der Waals surface area contributed by atoms with E-state index in [0.29, 0.717) is 28.4 Å². The molecule has 0 spiro atoms. The Hall–Kier alpha value is -2.00. The van der Waals surface area contributed by atoms with Gasteiger partial charge in [0.2, 0.25) is 0 Å². The molecular formula is C14H15F3N2O3S. The first-order valence-electron chi connectivity index (χ1n) is 6.52. The highest BCUT2D eigenvalue weighted by molar-refractivity contribution is 7.15. The highest BCUT2D eigenvalue weighted by atomic mass is 32.1. The van der Waals surface area contributed by atoms with Crippen molar-refractivity contribution < 1.29 is 27.8 Å². The molecule has 2 N–H and O–H groups in total. The fourth-order valence-corrected chi connectivity index (χ4v) is 2.57. The van der Waals surface area contributed by atoms with Gasteiger partial charge in [0.15, 0.2) is 5.13 Å². The van der Waals surface area contributed by atoms with Gasteiger partial charge in [0.1, 0.15) is 16.4 Å². The second kappa shape index (κ2) is 7.05. The second-order valence-electron chi connectivity index (χ2n) is 4.53. The quantitative estimate of drug-likeness (QED) is 0.838. The topological polar surface area (TPSA) is 63.6 Å². The molecule has 5 nitrogen and oxygen atoms in total. The van der Waals surface area contributed by atoms with E-state index >= 15 is 0 Å². The predicted molar refractivity (Wildman–Crippen MR) is 80.1 cm³/mol. The lowest BCUT2D eigenvalue weighted by Crippen LogP contribution is -2.13. The van der Waals surface area contributed by atoms with Gasteiger partial charge in [0.05, 0.1) is 26.5 Å². The summed E-state index contributed by atoms with van der Waals surface area (Å²) in [4.78, 5) is 2.85. The van der Waals surface area contributed by atoms with E-state index in [4.69, 9.17) is 9.47 Å². The summed E-state index contributed by atoms with van der Waals surface area (Å²) in [7, 11) is 2.95. The lowest BCUT2D eigenvalue weighted by molar-refractivity contribution is -0.134. The van der Waals surface area contributed by atoms with Crippen molar-refractivity contribution in [2.24, 2.45) is 0 Å². The lowest BCUT2D eigenvalue weighted by Gasteiger charge is -2.16. The van der Waals surface area contributed by atoms with Crippen molar-refractivity contribution >= 4 is 16.5 Å². The van der Waals surface area contributed by atoms with Crippen molar-refractivity contribution in [1.29, 1.82) is 0 Å². The van der Waals surface area contributed by atoms with Crippen molar-refractivity contribution in [3.05, 3.63) is 34.8 Å². The first-order chi connectivity index (χ1) is 10.8. The van der Waals surface area contributed by atoms with Crippen LogP contribution < -0.4 is 14.8 Å². The van der Waals surface area contributed by atoms with E-state index in [2.05, 4.69) is 10.3 Å². The molecule has 0 aliphatic heterocycles. The smallest absolute Gasteiger partial charge is 0.427 e. The molecule has 0 aliphatic rings. The summed E-state index contributed by atoms with van der Waals surface area (Å²) < 4.78 is 47.8. The van der Waals surface area contributed by atoms with Crippen molar-refractivity contribution in [2.75, 3.05) is 26.1 Å². The molecule has 2 aromatic rings. The minimum absolute atomic E-state index is 0.0195. The summed E-state index contributed by atoms with van der Waals surface area (Å²) in [6.07, 6.45) is -4.67. The number of thiazole rings is 1. The van der Waals surface area contributed by atoms with Crippen LogP contribution in [0, 0.1) is 0 Å². The number of aromatic nitrogens is 1. The molecule has 0 aliphatic carbocycles. The first-order valence-corrected chi connectivity index (χ1v) is 7.33. The minimum Gasteiger partial charge on any atom is -0.497 e. The van der Waals surface area contributed by atoms with Gasteiger partial charge in [0.25, 0.3) is 0 Å². The van der Waals surface area contributed by atoms with Gasteiger partial charge >= 0.3 is 6.18 Å². The zero-order valence-electron chi connectivity index (χ0n) is 12.3. The van der Waals surface area contributed by atoms with Gasteiger partial charge in [-0.25, -0.2) is 4.98 Å². The average molecular weight is 348 g/mol. The van der Waals surface area contributed by atoms with Crippen molar-refractivity contribution in [2.45, 2.75) is 12.3 Å². The van der Waals surface area contributed by atoms with Crippen LogP contribution in [0.3, 0.4) is 0 Å². The molecule has 126 valence electrons. The van der Waals surface area contributed by atoms with Crippen molar-refractivity contribution in [3.8, 4) is 11.5 Å². The molecule has 1 atom stereocenters. The van der Waals surface area contributed by atoms with E-state index in [1.54, 1.807) is 18.2 Å². The van der Waals surface area contributed by atoms with Crippen LogP contribution in [-0.4, -0.2) is 30.9 Å². The number of nitrogens with one attached hydrogen (secondary N) is 1. The van der Waals surface area contributed by atoms with Crippen LogP contribution in [0.2, 0.25) is 0 Å². The molecule has 0 bridgehead atoms. The van der Waals surface area contributed by atoms with Gasteiger partial charge in [-0.1, -0.05) is 11.3 Å². The number of methoxy groups -OCH3 is 2. The Balaban J connectivity index is 2.07. The van der Waals surface area contributed by atoms with E-state index < -0.39 is 17.2 Å². The first kappa shape index (κ1) is 17.4. The van der Waals surface area contributed by atoms with Gasteiger partial charge in [-0.3, -0.25) is 0 Å². The molecule has 1 unspecified atom stereocenters. The summed E-state index contributed by atoms with van der Waals surface area (Å²) in [5.41, 5.74) is 0.465. The molecular weight excluding hydrogens is 333 g/mol. The van der Waals surface area contributed by atoms with Crippen LogP contribution in [0.5, 0.6) is 11.5 Å². The SMILES string of the molecule is COc1ccc(OC)c(C(O)CNc2ncc(C(F)(F)F)s2)c1. The van der Waals surface area contributed by atoms with E-state index in [9.17, 15) is 18.3 Å². The average Bonchev–Trinajstić information content (AvgIpc) is 3.01. The van der Waals surface area contributed by atoms with Crippen LogP contribution in [0.25, 0.3) is 0 Å². The minimum atomic E-state index is -4.42. The Kier molecular flexibility index (Phi) is 5.32. The van der Waals surface area contributed by atoms with Crippen molar-refractivity contribution in [1.82, 2.24) is 4.98 Å². The molecule has 1 heterocycles. The molecule has 23 heavy (non-hydrogen) atoms. The van der Waals surface area contributed by atoms with Gasteiger partial charge in [-0.2, -0.15) is 13.2 Å². The van der Waals surface area contributed by atoms with Crippen molar-refractivity contribution in [3.63, 3.8) is 0 Å². The third-order valence-corrected chi connectivity index (χ3v) is 4.03.